The number of benzene rings is 1. The van der Waals surface area contributed by atoms with Crippen LogP contribution in [0.3, 0.4) is 0 Å². The van der Waals surface area contributed by atoms with Crippen LogP contribution in [0.1, 0.15) is 11.3 Å². The number of ether oxygens (including phenoxy) is 1. The molecule has 0 spiro atoms. The summed E-state index contributed by atoms with van der Waals surface area (Å²) in [6, 6.07) is 7.82. The Bertz CT molecular complexity index is 618. The molecule has 106 valence electrons. The summed E-state index contributed by atoms with van der Waals surface area (Å²) in [6.45, 7) is 2.42. The number of nitrogens with two attached hydrogens (primary N) is 1. The molecule has 1 aromatic carbocycles. The number of hydrogen-bond donors (Lipinski definition) is 1. The van der Waals surface area contributed by atoms with E-state index in [1.807, 2.05) is 43.1 Å². The minimum atomic E-state index is 0.193. The van der Waals surface area contributed by atoms with Crippen molar-refractivity contribution in [3.8, 4) is 5.75 Å². The molecular formula is C14H17ClN4O. The summed E-state index contributed by atoms with van der Waals surface area (Å²) in [5, 5.41) is 0.193. The second kappa shape index (κ2) is 5.96. The van der Waals surface area contributed by atoms with Crippen LogP contribution in [-0.4, -0.2) is 24.1 Å². The summed E-state index contributed by atoms with van der Waals surface area (Å²) in [7, 11) is 3.56. The summed E-state index contributed by atoms with van der Waals surface area (Å²) < 4.78 is 5.34. The molecular weight excluding hydrogens is 276 g/mol. The molecule has 1 heterocycles. The number of aromatic nitrogens is 2. The van der Waals surface area contributed by atoms with Gasteiger partial charge in [0.1, 0.15) is 5.75 Å². The summed E-state index contributed by atoms with van der Waals surface area (Å²) in [5.41, 5.74) is 8.27. The van der Waals surface area contributed by atoms with Crippen LogP contribution >= 0.6 is 11.6 Å². The lowest BCUT2D eigenvalue weighted by atomic mass is 10.2. The van der Waals surface area contributed by atoms with Gasteiger partial charge in [-0.15, -0.1) is 0 Å². The van der Waals surface area contributed by atoms with Crippen molar-refractivity contribution in [2.75, 3.05) is 24.8 Å². The van der Waals surface area contributed by atoms with Crippen molar-refractivity contribution < 1.29 is 4.74 Å². The van der Waals surface area contributed by atoms with Crippen LogP contribution in [0.15, 0.2) is 24.3 Å². The molecule has 0 radical (unpaired) electrons. The van der Waals surface area contributed by atoms with Gasteiger partial charge in [0, 0.05) is 19.2 Å². The maximum Gasteiger partial charge on any atom is 0.224 e. The highest BCUT2D eigenvalue weighted by molar-refractivity contribution is 6.28. The van der Waals surface area contributed by atoms with Gasteiger partial charge in [-0.25, -0.2) is 4.98 Å². The fraction of sp³-hybridized carbons (Fsp3) is 0.286. The number of methoxy groups -OCH3 is 1. The third kappa shape index (κ3) is 2.93. The van der Waals surface area contributed by atoms with Gasteiger partial charge in [-0.05, 0) is 24.6 Å². The molecule has 0 saturated carbocycles. The predicted molar refractivity (Wildman–Crippen MR) is 81.3 cm³/mol. The summed E-state index contributed by atoms with van der Waals surface area (Å²) in [4.78, 5) is 10.2. The van der Waals surface area contributed by atoms with E-state index in [9.17, 15) is 0 Å². The van der Waals surface area contributed by atoms with Gasteiger partial charge >= 0.3 is 0 Å². The molecule has 0 aliphatic rings. The molecule has 2 aromatic rings. The second-order valence-corrected chi connectivity index (χ2v) is 4.82. The highest BCUT2D eigenvalue weighted by Gasteiger charge is 2.14. The first-order chi connectivity index (χ1) is 9.52. The van der Waals surface area contributed by atoms with Crippen molar-refractivity contribution in [2.24, 2.45) is 0 Å². The molecule has 0 aliphatic heterocycles. The van der Waals surface area contributed by atoms with Gasteiger partial charge in [0.05, 0.1) is 18.5 Å². The van der Waals surface area contributed by atoms with Crippen LogP contribution in [0.25, 0.3) is 0 Å². The third-order valence-corrected chi connectivity index (χ3v) is 3.22. The first kappa shape index (κ1) is 14.4. The summed E-state index contributed by atoms with van der Waals surface area (Å²) in [5.74, 6) is 1.45. The Kier molecular flexibility index (Phi) is 4.29. The lowest BCUT2D eigenvalue weighted by Crippen LogP contribution is -2.20. The van der Waals surface area contributed by atoms with E-state index in [4.69, 9.17) is 22.1 Å². The van der Waals surface area contributed by atoms with E-state index < -0.39 is 0 Å². The number of rotatable bonds is 4. The number of nitrogen functional groups attached to an aromatic ring is 1. The molecule has 0 unspecified atom stereocenters. The third-order valence-electron chi connectivity index (χ3n) is 3.05. The molecule has 2 rings (SSSR count). The Balaban J connectivity index is 2.31. The Morgan fingerprint density at radius 2 is 2.00 bits per heavy atom. The van der Waals surface area contributed by atoms with Gasteiger partial charge < -0.3 is 15.4 Å². The molecule has 1 aromatic heterocycles. The molecule has 0 aliphatic carbocycles. The van der Waals surface area contributed by atoms with Crippen LogP contribution in [-0.2, 0) is 6.54 Å². The van der Waals surface area contributed by atoms with Gasteiger partial charge in [-0.2, -0.15) is 4.98 Å². The van der Waals surface area contributed by atoms with E-state index in [0.29, 0.717) is 23.7 Å². The Labute approximate surface area is 123 Å². The molecule has 0 fully saturated rings. The standard InChI is InChI=1S/C14H17ClN4O/c1-9-12(16)13(18-14(15)17-9)19(2)8-10-6-4-5-7-11(10)20-3/h4-7H,8,16H2,1-3H3. The van der Waals surface area contributed by atoms with Crippen molar-refractivity contribution in [1.29, 1.82) is 0 Å². The summed E-state index contributed by atoms with van der Waals surface area (Å²) in [6.07, 6.45) is 0. The van der Waals surface area contributed by atoms with Gasteiger partial charge in [0.15, 0.2) is 5.82 Å². The number of nitrogens with zero attached hydrogens (tertiary/aromatic N) is 3. The van der Waals surface area contributed by atoms with E-state index in [0.717, 1.165) is 11.3 Å². The van der Waals surface area contributed by atoms with E-state index in [1.54, 1.807) is 7.11 Å². The summed E-state index contributed by atoms with van der Waals surface area (Å²) >= 11 is 5.90. The Morgan fingerprint density at radius 3 is 2.70 bits per heavy atom. The maximum atomic E-state index is 6.02. The SMILES string of the molecule is COc1ccccc1CN(C)c1nc(Cl)nc(C)c1N. The van der Waals surface area contributed by atoms with Crippen molar-refractivity contribution in [3.63, 3.8) is 0 Å². The van der Waals surface area contributed by atoms with Crippen LogP contribution < -0.4 is 15.4 Å². The average molecular weight is 293 g/mol. The topological polar surface area (TPSA) is 64.3 Å². The van der Waals surface area contributed by atoms with Gasteiger partial charge in [-0.3, -0.25) is 0 Å². The molecule has 0 amide bonds. The van der Waals surface area contributed by atoms with Crippen molar-refractivity contribution in [1.82, 2.24) is 9.97 Å². The second-order valence-electron chi connectivity index (χ2n) is 4.48. The van der Waals surface area contributed by atoms with Gasteiger partial charge in [0.2, 0.25) is 5.28 Å². The fourth-order valence-electron chi connectivity index (χ4n) is 1.99. The zero-order valence-corrected chi connectivity index (χ0v) is 12.5. The smallest absolute Gasteiger partial charge is 0.224 e. The largest absolute Gasteiger partial charge is 0.496 e. The predicted octanol–water partition coefficient (Wildman–Crippen LogP) is 2.67. The van der Waals surface area contributed by atoms with Crippen LogP contribution in [0, 0.1) is 6.92 Å². The zero-order chi connectivity index (χ0) is 14.7. The number of aryl methyl sites for hydroxylation is 1. The molecule has 0 atom stereocenters. The molecule has 6 heteroatoms. The van der Waals surface area contributed by atoms with Crippen molar-refractivity contribution in [3.05, 3.63) is 40.8 Å². The highest BCUT2D eigenvalue weighted by Crippen LogP contribution is 2.27. The first-order valence-corrected chi connectivity index (χ1v) is 6.53. The van der Waals surface area contributed by atoms with E-state index in [2.05, 4.69) is 9.97 Å². The van der Waals surface area contributed by atoms with Crippen molar-refractivity contribution in [2.45, 2.75) is 13.5 Å². The Hall–Kier alpha value is -2.01. The minimum absolute atomic E-state index is 0.193. The maximum absolute atomic E-state index is 6.02. The van der Waals surface area contributed by atoms with Crippen LogP contribution in [0.4, 0.5) is 11.5 Å². The molecule has 0 bridgehead atoms. The van der Waals surface area contributed by atoms with Crippen LogP contribution in [0.2, 0.25) is 5.28 Å². The van der Waals surface area contributed by atoms with Gasteiger partial charge in [-0.1, -0.05) is 18.2 Å². The number of hydrogen-bond acceptors (Lipinski definition) is 5. The zero-order valence-electron chi connectivity index (χ0n) is 11.7. The lowest BCUT2D eigenvalue weighted by Gasteiger charge is -2.21. The van der Waals surface area contributed by atoms with Crippen molar-refractivity contribution >= 4 is 23.1 Å². The normalized spacial score (nSPS) is 10.4. The van der Waals surface area contributed by atoms with Crippen LogP contribution in [0.5, 0.6) is 5.75 Å². The molecule has 20 heavy (non-hydrogen) atoms. The van der Waals surface area contributed by atoms with E-state index >= 15 is 0 Å². The van der Waals surface area contributed by atoms with E-state index in [-0.39, 0.29) is 5.28 Å². The lowest BCUT2D eigenvalue weighted by molar-refractivity contribution is 0.409. The molecule has 0 saturated heterocycles. The Morgan fingerprint density at radius 1 is 1.30 bits per heavy atom. The van der Waals surface area contributed by atoms with E-state index in [1.165, 1.54) is 0 Å². The molecule has 5 nitrogen and oxygen atoms in total. The first-order valence-electron chi connectivity index (χ1n) is 6.15. The average Bonchev–Trinajstić information content (AvgIpc) is 2.43. The highest BCUT2D eigenvalue weighted by atomic mass is 35.5. The number of halogens is 1. The van der Waals surface area contributed by atoms with Gasteiger partial charge in [0.25, 0.3) is 0 Å². The monoisotopic (exact) mass is 292 g/mol. The minimum Gasteiger partial charge on any atom is -0.496 e. The molecule has 2 N–H and O–H groups in total. The number of para-hydroxylation sites is 1. The number of anilines is 2. The fourth-order valence-corrected chi connectivity index (χ4v) is 2.19. The quantitative estimate of drug-likeness (QED) is 0.878.